The van der Waals surface area contributed by atoms with Gasteiger partial charge in [-0.25, -0.2) is 0 Å². The van der Waals surface area contributed by atoms with E-state index in [9.17, 15) is 0 Å². The largest absolute Gasteiger partial charge is 0.346 e. The van der Waals surface area contributed by atoms with Gasteiger partial charge in [0.05, 0.1) is 6.04 Å². The third kappa shape index (κ3) is 1.75. The van der Waals surface area contributed by atoms with Gasteiger partial charge in [-0.15, -0.1) is 11.3 Å². The molecule has 0 aliphatic rings. The van der Waals surface area contributed by atoms with E-state index in [4.69, 9.17) is 0 Å². The van der Waals surface area contributed by atoms with Gasteiger partial charge < -0.3 is 4.57 Å². The van der Waals surface area contributed by atoms with Gasteiger partial charge in [0.2, 0.25) is 0 Å². The molecule has 0 radical (unpaired) electrons. The van der Waals surface area contributed by atoms with Crippen molar-refractivity contribution in [2.45, 2.75) is 19.9 Å². The smallest absolute Gasteiger partial charge is 0.0695 e. The molecule has 1 atom stereocenters. The van der Waals surface area contributed by atoms with E-state index in [1.807, 2.05) is 11.3 Å². The Hall–Kier alpha value is -1.02. The van der Waals surface area contributed by atoms with Crippen LogP contribution in [-0.2, 0) is 0 Å². The summed E-state index contributed by atoms with van der Waals surface area (Å²) in [5, 5.41) is 2.15. The zero-order chi connectivity index (χ0) is 9.97. The first-order valence-corrected chi connectivity index (χ1v) is 5.83. The monoisotopic (exact) mass is 205 g/mol. The number of hydrogen-bond donors (Lipinski definition) is 0. The van der Waals surface area contributed by atoms with Crippen LogP contribution in [0.1, 0.15) is 24.8 Å². The molecule has 2 aromatic rings. The van der Waals surface area contributed by atoms with Gasteiger partial charge >= 0.3 is 0 Å². The van der Waals surface area contributed by atoms with E-state index in [1.165, 1.54) is 4.88 Å². The van der Waals surface area contributed by atoms with Crippen molar-refractivity contribution >= 4 is 11.3 Å². The fourth-order valence-electron chi connectivity index (χ4n) is 1.81. The summed E-state index contributed by atoms with van der Waals surface area (Å²) in [6, 6.07) is 9.00. The molecule has 14 heavy (non-hydrogen) atoms. The first kappa shape index (κ1) is 9.53. The fourth-order valence-corrected chi connectivity index (χ4v) is 2.82. The normalized spacial score (nSPS) is 13.4. The highest BCUT2D eigenvalue weighted by molar-refractivity contribution is 7.10. The summed E-state index contributed by atoms with van der Waals surface area (Å²) in [4.78, 5) is 1.44. The average molecular weight is 205 g/mol. The summed E-state index contributed by atoms with van der Waals surface area (Å²) >= 11 is 1.84. The molecule has 1 unspecified atom stereocenters. The van der Waals surface area contributed by atoms with Crippen LogP contribution in [0.2, 0.25) is 0 Å². The maximum absolute atomic E-state index is 2.29. The molecule has 2 aromatic heterocycles. The zero-order valence-electron chi connectivity index (χ0n) is 8.55. The molecule has 0 saturated carbocycles. The van der Waals surface area contributed by atoms with E-state index in [0.29, 0.717) is 12.0 Å². The maximum Gasteiger partial charge on any atom is 0.0695 e. The Bertz CT molecular complexity index is 325. The minimum absolute atomic E-state index is 0.491. The number of rotatable bonds is 3. The van der Waals surface area contributed by atoms with Crippen molar-refractivity contribution < 1.29 is 0 Å². The fraction of sp³-hybridized carbons (Fsp3) is 0.333. The number of nitrogens with zero attached hydrogens (tertiary/aromatic N) is 1. The molecule has 2 heterocycles. The second-order valence-corrected chi connectivity index (χ2v) is 4.81. The molecule has 2 rings (SSSR count). The second-order valence-electron chi connectivity index (χ2n) is 3.83. The molecule has 0 aliphatic carbocycles. The first-order chi connectivity index (χ1) is 6.79. The van der Waals surface area contributed by atoms with Crippen LogP contribution in [0.4, 0.5) is 0 Å². The van der Waals surface area contributed by atoms with Gasteiger partial charge in [0.25, 0.3) is 0 Å². The molecule has 1 nitrogen and oxygen atoms in total. The Morgan fingerprint density at radius 2 is 1.86 bits per heavy atom. The van der Waals surface area contributed by atoms with Gasteiger partial charge in [0.15, 0.2) is 0 Å². The van der Waals surface area contributed by atoms with E-state index >= 15 is 0 Å². The summed E-state index contributed by atoms with van der Waals surface area (Å²) in [7, 11) is 0. The quantitative estimate of drug-likeness (QED) is 0.718. The Morgan fingerprint density at radius 3 is 2.36 bits per heavy atom. The second kappa shape index (κ2) is 4.01. The summed E-state index contributed by atoms with van der Waals surface area (Å²) < 4.78 is 2.29. The molecule has 0 aliphatic heterocycles. The Balaban J connectivity index is 2.35. The topological polar surface area (TPSA) is 4.93 Å². The number of hydrogen-bond acceptors (Lipinski definition) is 1. The van der Waals surface area contributed by atoms with Crippen LogP contribution in [-0.4, -0.2) is 4.57 Å². The van der Waals surface area contributed by atoms with Crippen LogP contribution in [0.25, 0.3) is 0 Å². The number of thiophene rings is 1. The molecular weight excluding hydrogens is 190 g/mol. The van der Waals surface area contributed by atoms with Gasteiger partial charge in [-0.3, -0.25) is 0 Å². The van der Waals surface area contributed by atoms with Gasteiger partial charge in [-0.05, 0) is 29.5 Å². The van der Waals surface area contributed by atoms with Crippen molar-refractivity contribution in [2.75, 3.05) is 0 Å². The van der Waals surface area contributed by atoms with Crippen molar-refractivity contribution in [3.8, 4) is 0 Å². The van der Waals surface area contributed by atoms with Crippen molar-refractivity contribution in [3.05, 3.63) is 46.9 Å². The molecule has 0 fully saturated rings. The summed E-state index contributed by atoms with van der Waals surface area (Å²) in [6.07, 6.45) is 4.29. The Morgan fingerprint density at radius 1 is 1.14 bits per heavy atom. The number of aromatic nitrogens is 1. The first-order valence-electron chi connectivity index (χ1n) is 4.95. The van der Waals surface area contributed by atoms with Crippen molar-refractivity contribution in [2.24, 2.45) is 5.92 Å². The third-order valence-electron chi connectivity index (χ3n) is 2.41. The third-order valence-corrected chi connectivity index (χ3v) is 3.36. The minimum atomic E-state index is 0.491. The van der Waals surface area contributed by atoms with Crippen LogP contribution in [0.3, 0.4) is 0 Å². The SMILES string of the molecule is CC(C)C(c1cccs1)n1cccc1. The lowest BCUT2D eigenvalue weighted by molar-refractivity contribution is 0.445. The lowest BCUT2D eigenvalue weighted by atomic mass is 10.0. The van der Waals surface area contributed by atoms with Crippen molar-refractivity contribution in [1.82, 2.24) is 4.57 Å². The lowest BCUT2D eigenvalue weighted by Gasteiger charge is -2.21. The van der Waals surface area contributed by atoms with E-state index in [-0.39, 0.29) is 0 Å². The molecule has 2 heteroatoms. The van der Waals surface area contributed by atoms with E-state index < -0.39 is 0 Å². The summed E-state index contributed by atoms with van der Waals surface area (Å²) in [5.74, 6) is 0.626. The molecular formula is C12H15NS. The van der Waals surface area contributed by atoms with Crippen molar-refractivity contribution in [1.29, 1.82) is 0 Å². The van der Waals surface area contributed by atoms with Crippen LogP contribution in [0.15, 0.2) is 42.0 Å². The van der Waals surface area contributed by atoms with Crippen molar-refractivity contribution in [3.63, 3.8) is 0 Å². The predicted molar refractivity (Wildman–Crippen MR) is 61.7 cm³/mol. The van der Waals surface area contributed by atoms with Gasteiger partial charge in [-0.1, -0.05) is 19.9 Å². The average Bonchev–Trinajstić information content (AvgIpc) is 2.75. The molecule has 0 saturated heterocycles. The van der Waals surface area contributed by atoms with Crippen LogP contribution >= 0.6 is 11.3 Å². The molecule has 74 valence electrons. The highest BCUT2D eigenvalue weighted by Crippen LogP contribution is 2.29. The van der Waals surface area contributed by atoms with E-state index in [2.05, 4.69) is 60.5 Å². The summed E-state index contributed by atoms with van der Waals surface area (Å²) in [6.45, 7) is 4.54. The molecule has 0 spiro atoms. The van der Waals surface area contributed by atoms with Gasteiger partial charge in [-0.2, -0.15) is 0 Å². The van der Waals surface area contributed by atoms with E-state index in [1.54, 1.807) is 0 Å². The maximum atomic E-state index is 2.29. The highest BCUT2D eigenvalue weighted by atomic mass is 32.1. The zero-order valence-corrected chi connectivity index (χ0v) is 9.37. The molecule has 0 bridgehead atoms. The Labute approximate surface area is 89.0 Å². The van der Waals surface area contributed by atoms with Crippen LogP contribution < -0.4 is 0 Å². The standard InChI is InChI=1S/C12H15NS/c1-10(2)12(11-6-5-9-14-11)13-7-3-4-8-13/h3-10,12H,1-2H3. The van der Waals surface area contributed by atoms with Gasteiger partial charge in [0.1, 0.15) is 0 Å². The van der Waals surface area contributed by atoms with Gasteiger partial charge in [0, 0.05) is 17.3 Å². The predicted octanol–water partition coefficient (Wildman–Crippen LogP) is 3.80. The Kier molecular flexibility index (Phi) is 2.73. The molecule has 0 aromatic carbocycles. The summed E-state index contributed by atoms with van der Waals surface area (Å²) in [5.41, 5.74) is 0. The lowest BCUT2D eigenvalue weighted by Crippen LogP contribution is -2.13. The van der Waals surface area contributed by atoms with E-state index in [0.717, 1.165) is 0 Å². The molecule has 0 amide bonds. The van der Waals surface area contributed by atoms with Crippen LogP contribution in [0.5, 0.6) is 0 Å². The molecule has 0 N–H and O–H groups in total. The van der Waals surface area contributed by atoms with Crippen LogP contribution in [0, 0.1) is 5.92 Å². The minimum Gasteiger partial charge on any atom is -0.346 e. The highest BCUT2D eigenvalue weighted by Gasteiger charge is 2.17.